The summed E-state index contributed by atoms with van der Waals surface area (Å²) in [5.41, 5.74) is -0.0341. The molecule has 0 saturated carbocycles. The predicted molar refractivity (Wildman–Crippen MR) is 63.7 cm³/mol. The van der Waals surface area contributed by atoms with Crippen molar-refractivity contribution in [3.8, 4) is 0 Å². The lowest BCUT2D eigenvalue weighted by molar-refractivity contribution is -0.139. The van der Waals surface area contributed by atoms with E-state index >= 15 is 0 Å². The van der Waals surface area contributed by atoms with E-state index in [0.717, 1.165) is 4.90 Å². The Morgan fingerprint density at radius 1 is 1.17 bits per heavy atom. The van der Waals surface area contributed by atoms with Gasteiger partial charge >= 0.3 is 11.9 Å². The van der Waals surface area contributed by atoms with Crippen LogP contribution in [0.25, 0.3) is 0 Å². The Hall–Kier alpha value is -2.37. The number of nitrogens with zero attached hydrogens (tertiary/aromatic N) is 1. The van der Waals surface area contributed by atoms with Crippen LogP contribution in [0.4, 0.5) is 5.69 Å². The summed E-state index contributed by atoms with van der Waals surface area (Å²) in [5, 5.41) is 18.0. The van der Waals surface area contributed by atoms with Crippen LogP contribution in [-0.2, 0) is 9.59 Å². The number of carboxylic acid groups (broad SMARTS) is 2. The lowest BCUT2D eigenvalue weighted by Crippen LogP contribution is -2.43. The molecule has 0 saturated heterocycles. The maximum absolute atomic E-state index is 11.5. The van der Waals surface area contributed by atoms with E-state index in [1.54, 1.807) is 6.07 Å². The molecule has 0 aliphatic rings. The number of carbonyl (C=O) groups excluding carboxylic acids is 1. The van der Waals surface area contributed by atoms with Gasteiger partial charge in [0.25, 0.3) is 0 Å². The van der Waals surface area contributed by atoms with E-state index in [2.05, 4.69) is 0 Å². The minimum atomic E-state index is -1.21. The maximum atomic E-state index is 11.5. The standard InChI is InChI=1S/C12H13NO5/c1-7(11(15)16)13(8(2)14)10-6-4-3-5-9(10)12(17)18/h3-7H,1-2H3,(H,15,16)(H,17,18)/t7-/m0/s1. The summed E-state index contributed by atoms with van der Waals surface area (Å²) in [6, 6.07) is 4.65. The van der Waals surface area contributed by atoms with E-state index in [1.165, 1.54) is 32.0 Å². The molecule has 0 unspecified atom stereocenters. The zero-order chi connectivity index (χ0) is 13.9. The van der Waals surface area contributed by atoms with Crippen LogP contribution in [0.15, 0.2) is 24.3 Å². The Kier molecular flexibility index (Phi) is 4.04. The highest BCUT2D eigenvalue weighted by atomic mass is 16.4. The van der Waals surface area contributed by atoms with Crippen LogP contribution < -0.4 is 4.90 Å². The highest BCUT2D eigenvalue weighted by Crippen LogP contribution is 2.23. The molecule has 0 bridgehead atoms. The van der Waals surface area contributed by atoms with Gasteiger partial charge in [-0.05, 0) is 19.1 Å². The van der Waals surface area contributed by atoms with E-state index in [-0.39, 0.29) is 11.3 Å². The summed E-state index contributed by atoms with van der Waals surface area (Å²) in [6.07, 6.45) is 0. The van der Waals surface area contributed by atoms with Crippen LogP contribution >= 0.6 is 0 Å². The Labute approximate surface area is 103 Å². The Bertz CT molecular complexity index is 497. The minimum absolute atomic E-state index is 0.0763. The summed E-state index contributed by atoms with van der Waals surface area (Å²) in [5.74, 6) is -2.95. The highest BCUT2D eigenvalue weighted by Gasteiger charge is 2.27. The average Bonchev–Trinajstić information content (AvgIpc) is 2.28. The van der Waals surface area contributed by atoms with Crippen LogP contribution in [-0.4, -0.2) is 34.1 Å². The zero-order valence-electron chi connectivity index (χ0n) is 9.95. The van der Waals surface area contributed by atoms with E-state index in [1.807, 2.05) is 0 Å². The summed E-state index contributed by atoms with van der Waals surface area (Å²) in [6.45, 7) is 2.51. The number of amides is 1. The van der Waals surface area contributed by atoms with E-state index in [4.69, 9.17) is 10.2 Å². The van der Waals surface area contributed by atoms with E-state index in [0.29, 0.717) is 0 Å². The summed E-state index contributed by atoms with van der Waals surface area (Å²) < 4.78 is 0. The second-order valence-corrected chi connectivity index (χ2v) is 3.73. The number of anilines is 1. The third kappa shape index (κ3) is 2.65. The summed E-state index contributed by atoms with van der Waals surface area (Å²) >= 11 is 0. The van der Waals surface area contributed by atoms with Crippen molar-refractivity contribution < 1.29 is 24.6 Å². The van der Waals surface area contributed by atoms with E-state index < -0.39 is 23.9 Å². The van der Waals surface area contributed by atoms with Crippen molar-refractivity contribution in [2.45, 2.75) is 19.9 Å². The van der Waals surface area contributed by atoms with Crippen molar-refractivity contribution >= 4 is 23.5 Å². The molecule has 0 heterocycles. The lowest BCUT2D eigenvalue weighted by atomic mass is 10.1. The Morgan fingerprint density at radius 3 is 2.17 bits per heavy atom. The number of hydrogen-bond acceptors (Lipinski definition) is 3. The molecule has 0 aromatic heterocycles. The van der Waals surface area contributed by atoms with Crippen LogP contribution in [0.5, 0.6) is 0 Å². The van der Waals surface area contributed by atoms with Crippen molar-refractivity contribution in [3.05, 3.63) is 29.8 Å². The van der Waals surface area contributed by atoms with Gasteiger partial charge in [-0.15, -0.1) is 0 Å². The molecule has 96 valence electrons. The molecule has 1 atom stereocenters. The van der Waals surface area contributed by atoms with Crippen LogP contribution in [0.1, 0.15) is 24.2 Å². The first-order valence-electron chi connectivity index (χ1n) is 5.21. The lowest BCUT2D eigenvalue weighted by Gasteiger charge is -2.26. The first-order valence-corrected chi connectivity index (χ1v) is 5.21. The minimum Gasteiger partial charge on any atom is -0.480 e. The van der Waals surface area contributed by atoms with Crippen molar-refractivity contribution in [1.29, 1.82) is 0 Å². The maximum Gasteiger partial charge on any atom is 0.337 e. The molecule has 1 aromatic carbocycles. The average molecular weight is 251 g/mol. The molecule has 0 aliphatic heterocycles. The van der Waals surface area contributed by atoms with Gasteiger partial charge in [0, 0.05) is 6.92 Å². The topological polar surface area (TPSA) is 94.9 Å². The number of carboxylic acids is 2. The number of aliphatic carboxylic acids is 1. The van der Waals surface area contributed by atoms with Gasteiger partial charge in [-0.1, -0.05) is 12.1 Å². The first-order chi connectivity index (χ1) is 8.36. The number of hydrogen-bond donors (Lipinski definition) is 2. The normalized spacial score (nSPS) is 11.7. The van der Waals surface area contributed by atoms with Gasteiger partial charge in [-0.25, -0.2) is 9.59 Å². The fourth-order valence-corrected chi connectivity index (χ4v) is 1.63. The third-order valence-corrected chi connectivity index (χ3v) is 2.48. The highest BCUT2D eigenvalue weighted by molar-refractivity contribution is 6.04. The number of rotatable bonds is 4. The van der Waals surface area contributed by atoms with Gasteiger partial charge in [-0.3, -0.25) is 9.69 Å². The van der Waals surface area contributed by atoms with E-state index in [9.17, 15) is 14.4 Å². The van der Waals surface area contributed by atoms with Crippen molar-refractivity contribution in [2.24, 2.45) is 0 Å². The first kappa shape index (κ1) is 13.7. The molecule has 0 aliphatic carbocycles. The third-order valence-electron chi connectivity index (χ3n) is 2.48. The number of benzene rings is 1. The Balaban J connectivity index is 3.35. The molecule has 2 N–H and O–H groups in total. The van der Waals surface area contributed by atoms with Gasteiger partial charge in [0.1, 0.15) is 6.04 Å². The molecular formula is C12H13NO5. The molecule has 18 heavy (non-hydrogen) atoms. The molecule has 6 heteroatoms. The number of para-hydroxylation sites is 1. The smallest absolute Gasteiger partial charge is 0.337 e. The van der Waals surface area contributed by atoms with Crippen LogP contribution in [0.3, 0.4) is 0 Å². The largest absolute Gasteiger partial charge is 0.480 e. The van der Waals surface area contributed by atoms with Gasteiger partial charge in [0.05, 0.1) is 11.3 Å². The fourth-order valence-electron chi connectivity index (χ4n) is 1.63. The second-order valence-electron chi connectivity index (χ2n) is 3.73. The fraction of sp³-hybridized carbons (Fsp3) is 0.250. The number of carbonyl (C=O) groups is 3. The SMILES string of the molecule is CC(=O)N(c1ccccc1C(=O)O)[C@@H](C)C(=O)O. The summed E-state index contributed by atoms with van der Waals surface area (Å²) in [7, 11) is 0. The van der Waals surface area contributed by atoms with Gasteiger partial charge in [0.2, 0.25) is 5.91 Å². The molecule has 0 fully saturated rings. The monoisotopic (exact) mass is 251 g/mol. The second kappa shape index (κ2) is 5.31. The molecule has 1 amide bonds. The quantitative estimate of drug-likeness (QED) is 0.838. The molecule has 6 nitrogen and oxygen atoms in total. The summed E-state index contributed by atoms with van der Waals surface area (Å²) in [4.78, 5) is 34.5. The molecule has 0 radical (unpaired) electrons. The van der Waals surface area contributed by atoms with Crippen LogP contribution in [0.2, 0.25) is 0 Å². The van der Waals surface area contributed by atoms with Crippen molar-refractivity contribution in [1.82, 2.24) is 0 Å². The van der Waals surface area contributed by atoms with Crippen molar-refractivity contribution in [2.75, 3.05) is 4.90 Å². The molecule has 1 aromatic rings. The van der Waals surface area contributed by atoms with Gasteiger partial charge < -0.3 is 10.2 Å². The van der Waals surface area contributed by atoms with Gasteiger partial charge in [0.15, 0.2) is 0 Å². The Morgan fingerprint density at radius 2 is 1.72 bits per heavy atom. The molecule has 0 spiro atoms. The zero-order valence-corrected chi connectivity index (χ0v) is 9.95. The molecule has 1 rings (SSSR count). The molecular weight excluding hydrogens is 238 g/mol. The van der Waals surface area contributed by atoms with Gasteiger partial charge in [-0.2, -0.15) is 0 Å². The van der Waals surface area contributed by atoms with Crippen molar-refractivity contribution in [3.63, 3.8) is 0 Å². The van der Waals surface area contributed by atoms with Crippen LogP contribution in [0, 0.1) is 0 Å². The predicted octanol–water partition coefficient (Wildman–Crippen LogP) is 1.21. The number of aromatic carboxylic acids is 1.